The van der Waals surface area contributed by atoms with E-state index in [-0.39, 0.29) is 12.5 Å². The van der Waals surface area contributed by atoms with Crippen molar-refractivity contribution in [3.05, 3.63) is 63.1 Å². The van der Waals surface area contributed by atoms with E-state index in [9.17, 15) is 18.0 Å². The van der Waals surface area contributed by atoms with Crippen LogP contribution in [0.2, 0.25) is 5.02 Å². The third-order valence-electron chi connectivity index (χ3n) is 5.38. The number of nitrogens with zero attached hydrogens (tertiary/aromatic N) is 2. The first-order valence-corrected chi connectivity index (χ1v) is 14.0. The zero-order chi connectivity index (χ0) is 25.5. The molecule has 1 atom stereocenters. The Hall–Kier alpha value is -2.10. The van der Waals surface area contributed by atoms with E-state index in [0.29, 0.717) is 22.8 Å². The molecular weight excluding hydrogens is 542 g/mol. The van der Waals surface area contributed by atoms with Gasteiger partial charge in [0.05, 0.1) is 11.9 Å². The second kappa shape index (κ2) is 12.6. The SMILES string of the molecule is CCCCNC(=O)[C@@H](C)N(Cc1ccc(Br)cc1)C(=O)CN(c1cc(Cl)ccc1C)S(C)(=O)=O. The van der Waals surface area contributed by atoms with Crippen LogP contribution in [0, 0.1) is 6.92 Å². The Bertz CT molecular complexity index is 1110. The third-order valence-corrected chi connectivity index (χ3v) is 7.27. The van der Waals surface area contributed by atoms with Crippen LogP contribution >= 0.6 is 27.5 Å². The van der Waals surface area contributed by atoms with Crippen molar-refractivity contribution in [1.82, 2.24) is 10.2 Å². The van der Waals surface area contributed by atoms with Crippen LogP contribution < -0.4 is 9.62 Å². The van der Waals surface area contributed by atoms with Crippen LogP contribution in [0.4, 0.5) is 5.69 Å². The molecule has 0 bridgehead atoms. The van der Waals surface area contributed by atoms with Crippen LogP contribution in [0.3, 0.4) is 0 Å². The predicted molar refractivity (Wildman–Crippen MR) is 140 cm³/mol. The topological polar surface area (TPSA) is 86.8 Å². The number of carbonyl (C=O) groups is 2. The number of benzene rings is 2. The molecule has 2 aromatic carbocycles. The Kier molecular flexibility index (Phi) is 10.4. The first-order valence-electron chi connectivity index (χ1n) is 11.0. The average Bonchev–Trinajstić information content (AvgIpc) is 2.77. The number of hydrogen-bond acceptors (Lipinski definition) is 4. The van der Waals surface area contributed by atoms with Crippen molar-refractivity contribution in [2.45, 2.75) is 46.2 Å². The van der Waals surface area contributed by atoms with Crippen LogP contribution in [0.5, 0.6) is 0 Å². The molecule has 0 saturated heterocycles. The number of aryl methyl sites for hydroxylation is 1. The smallest absolute Gasteiger partial charge is 0.244 e. The molecule has 2 rings (SSSR count). The number of anilines is 1. The van der Waals surface area contributed by atoms with Gasteiger partial charge in [-0.15, -0.1) is 0 Å². The van der Waals surface area contributed by atoms with Gasteiger partial charge >= 0.3 is 0 Å². The number of carbonyl (C=O) groups excluding carboxylic acids is 2. The monoisotopic (exact) mass is 571 g/mol. The minimum absolute atomic E-state index is 0.153. The molecule has 0 aliphatic rings. The number of unbranched alkanes of at least 4 members (excludes halogenated alkanes) is 1. The molecule has 0 saturated carbocycles. The van der Waals surface area contributed by atoms with Crippen LogP contribution in [-0.2, 0) is 26.2 Å². The number of nitrogens with one attached hydrogen (secondary N) is 1. The second-order valence-electron chi connectivity index (χ2n) is 8.17. The highest BCUT2D eigenvalue weighted by molar-refractivity contribution is 9.10. The van der Waals surface area contributed by atoms with Crippen molar-refractivity contribution in [2.75, 3.05) is 23.7 Å². The van der Waals surface area contributed by atoms with Crippen molar-refractivity contribution in [2.24, 2.45) is 0 Å². The summed E-state index contributed by atoms with van der Waals surface area (Å²) < 4.78 is 27.2. The standard InChI is InChI=1S/C24H31BrClN3O4S/c1-5-6-13-27-24(31)18(3)28(15-19-8-10-20(25)11-9-19)23(30)16-29(34(4,32)33)22-14-21(26)12-7-17(22)2/h7-12,14,18H,5-6,13,15-16H2,1-4H3,(H,27,31)/t18-/m1/s1. The van der Waals surface area contributed by atoms with Gasteiger partial charge in [0.2, 0.25) is 21.8 Å². The van der Waals surface area contributed by atoms with E-state index in [1.165, 1.54) is 11.0 Å². The minimum atomic E-state index is -3.81. The molecule has 2 aromatic rings. The van der Waals surface area contributed by atoms with Crippen molar-refractivity contribution in [3.8, 4) is 0 Å². The maximum Gasteiger partial charge on any atom is 0.244 e. The first kappa shape index (κ1) is 28.1. The number of amides is 2. The molecule has 0 heterocycles. The number of rotatable bonds is 11. The Balaban J connectivity index is 2.38. The van der Waals surface area contributed by atoms with Gasteiger partial charge in [0.15, 0.2) is 0 Å². The summed E-state index contributed by atoms with van der Waals surface area (Å²) in [5.74, 6) is -0.783. The van der Waals surface area contributed by atoms with Crippen LogP contribution in [0.15, 0.2) is 46.9 Å². The van der Waals surface area contributed by atoms with Crippen molar-refractivity contribution < 1.29 is 18.0 Å². The van der Waals surface area contributed by atoms with Crippen LogP contribution in [0.25, 0.3) is 0 Å². The lowest BCUT2D eigenvalue weighted by atomic mass is 10.1. The van der Waals surface area contributed by atoms with Gasteiger partial charge in [-0.05, 0) is 55.7 Å². The molecule has 0 aliphatic heterocycles. The molecule has 186 valence electrons. The van der Waals surface area contributed by atoms with Crippen LogP contribution in [-0.4, -0.2) is 50.5 Å². The molecule has 34 heavy (non-hydrogen) atoms. The second-order valence-corrected chi connectivity index (χ2v) is 11.4. The van der Waals surface area contributed by atoms with E-state index in [2.05, 4.69) is 21.2 Å². The van der Waals surface area contributed by atoms with Crippen LogP contribution in [0.1, 0.15) is 37.8 Å². The van der Waals surface area contributed by atoms with Gasteiger partial charge in [-0.2, -0.15) is 0 Å². The van der Waals surface area contributed by atoms with E-state index in [1.54, 1.807) is 26.0 Å². The Morgan fingerprint density at radius 1 is 1.15 bits per heavy atom. The molecule has 0 aromatic heterocycles. The maximum atomic E-state index is 13.5. The quantitative estimate of drug-likeness (QED) is 0.402. The Morgan fingerprint density at radius 2 is 1.79 bits per heavy atom. The van der Waals surface area contributed by atoms with E-state index in [0.717, 1.165) is 33.4 Å². The number of hydrogen-bond donors (Lipinski definition) is 1. The molecule has 0 radical (unpaired) electrons. The lowest BCUT2D eigenvalue weighted by molar-refractivity contribution is -0.139. The molecule has 1 N–H and O–H groups in total. The molecule has 2 amide bonds. The van der Waals surface area contributed by atoms with E-state index in [4.69, 9.17) is 11.6 Å². The summed E-state index contributed by atoms with van der Waals surface area (Å²) >= 11 is 9.50. The zero-order valence-electron chi connectivity index (χ0n) is 19.8. The molecule has 0 aliphatic carbocycles. The maximum absolute atomic E-state index is 13.5. The van der Waals surface area contributed by atoms with Gasteiger partial charge in [-0.25, -0.2) is 8.42 Å². The predicted octanol–water partition coefficient (Wildman–Crippen LogP) is 4.51. The molecule has 7 nitrogen and oxygen atoms in total. The number of halogens is 2. The molecule has 0 unspecified atom stereocenters. The Labute approximate surface area is 215 Å². The molecule has 0 spiro atoms. The van der Waals surface area contributed by atoms with Gasteiger partial charge in [0.1, 0.15) is 12.6 Å². The van der Waals surface area contributed by atoms with Gasteiger partial charge in [-0.3, -0.25) is 13.9 Å². The van der Waals surface area contributed by atoms with Crippen molar-refractivity contribution >= 4 is 55.1 Å². The minimum Gasteiger partial charge on any atom is -0.354 e. The summed E-state index contributed by atoms with van der Waals surface area (Å²) in [6.45, 7) is 5.63. The zero-order valence-corrected chi connectivity index (χ0v) is 23.0. The molecular formula is C24H31BrClN3O4S. The summed E-state index contributed by atoms with van der Waals surface area (Å²) in [5, 5.41) is 3.21. The van der Waals surface area contributed by atoms with E-state index >= 15 is 0 Å². The summed E-state index contributed by atoms with van der Waals surface area (Å²) in [4.78, 5) is 27.7. The van der Waals surface area contributed by atoms with E-state index in [1.807, 2.05) is 31.2 Å². The summed E-state index contributed by atoms with van der Waals surface area (Å²) in [6, 6.07) is 11.5. The average molecular weight is 573 g/mol. The fourth-order valence-corrected chi connectivity index (χ4v) is 4.68. The van der Waals surface area contributed by atoms with Gasteiger partial charge in [0.25, 0.3) is 0 Å². The molecule has 0 fully saturated rings. The number of sulfonamides is 1. The van der Waals surface area contributed by atoms with Gasteiger partial charge < -0.3 is 10.2 Å². The third kappa shape index (κ3) is 7.99. The highest BCUT2D eigenvalue weighted by Gasteiger charge is 2.30. The van der Waals surface area contributed by atoms with E-state index < -0.39 is 28.5 Å². The fourth-order valence-electron chi connectivity index (χ4n) is 3.35. The van der Waals surface area contributed by atoms with Gasteiger partial charge in [-0.1, -0.05) is 59.1 Å². The summed E-state index contributed by atoms with van der Waals surface area (Å²) in [7, 11) is -3.81. The lowest BCUT2D eigenvalue weighted by Crippen LogP contribution is -2.51. The fraction of sp³-hybridized carbons (Fsp3) is 0.417. The normalized spacial score (nSPS) is 12.2. The Morgan fingerprint density at radius 3 is 2.38 bits per heavy atom. The highest BCUT2D eigenvalue weighted by Crippen LogP contribution is 2.27. The van der Waals surface area contributed by atoms with Crippen molar-refractivity contribution in [3.63, 3.8) is 0 Å². The largest absolute Gasteiger partial charge is 0.354 e. The summed E-state index contributed by atoms with van der Waals surface area (Å²) in [5.41, 5.74) is 1.80. The highest BCUT2D eigenvalue weighted by atomic mass is 79.9. The first-order chi connectivity index (χ1) is 15.9. The lowest BCUT2D eigenvalue weighted by Gasteiger charge is -2.32. The summed E-state index contributed by atoms with van der Waals surface area (Å²) in [6.07, 6.45) is 2.80. The molecule has 10 heteroatoms. The van der Waals surface area contributed by atoms with Crippen molar-refractivity contribution in [1.29, 1.82) is 0 Å². The van der Waals surface area contributed by atoms with Gasteiger partial charge in [0, 0.05) is 22.6 Å².